The normalized spacial score (nSPS) is 13.2. The van der Waals surface area contributed by atoms with E-state index in [1.54, 1.807) is 16.7 Å². The Balaban J connectivity index is 2.89. The molecule has 6 nitrogen and oxygen atoms in total. The van der Waals surface area contributed by atoms with E-state index in [4.69, 9.17) is 5.73 Å². The molecule has 0 aliphatic rings. The topological polar surface area (TPSA) is 86.7 Å². The third-order valence-corrected chi connectivity index (χ3v) is 3.81. The molecule has 1 amide bonds. The summed E-state index contributed by atoms with van der Waals surface area (Å²) in [4.78, 5) is 25.2. The molecule has 0 atom stereocenters. The van der Waals surface area contributed by atoms with Crippen LogP contribution in [0.4, 0.5) is 0 Å². The molecule has 2 heterocycles. The Morgan fingerprint density at radius 2 is 1.92 bits per heavy atom. The van der Waals surface area contributed by atoms with Gasteiger partial charge in [-0.2, -0.15) is 0 Å². The summed E-state index contributed by atoms with van der Waals surface area (Å²) in [6.45, 7) is 9.41. The van der Waals surface area contributed by atoms with Gasteiger partial charge in [-0.15, -0.1) is 12.6 Å². The predicted octanol–water partition coefficient (Wildman–Crippen LogP) is 3.80. The van der Waals surface area contributed by atoms with Gasteiger partial charge in [-0.05, 0) is 26.8 Å². The number of fused-ring (bicyclic) bond motifs is 1. The first-order valence-electron chi connectivity index (χ1n) is 7.99. The molecule has 0 radical (unpaired) electrons. The second-order valence-electron chi connectivity index (χ2n) is 5.37. The minimum Gasteiger partial charge on any atom is -0.364 e. The van der Waals surface area contributed by atoms with E-state index < -0.39 is 5.91 Å². The standard InChI is InChI=1S/C19H21N5OS/c1-5-8-11-12(4)24-18-15(22-19(24)26)14(16(20)25)21-17(23-18)13(9-6-2)10-7-3/h5-11H,2H2,1,3-4H3,(H2,20,25)(H,22,26)/b8-5-,10-7-,12-11+,13-9+. The van der Waals surface area contributed by atoms with Gasteiger partial charge in [0.05, 0.1) is 0 Å². The van der Waals surface area contributed by atoms with Gasteiger partial charge in [0.1, 0.15) is 5.52 Å². The maximum Gasteiger partial charge on any atom is 0.269 e. The van der Waals surface area contributed by atoms with Gasteiger partial charge in [0.25, 0.3) is 5.91 Å². The highest BCUT2D eigenvalue weighted by atomic mass is 32.1. The second-order valence-corrected chi connectivity index (χ2v) is 5.77. The Labute approximate surface area is 158 Å². The Hall–Kier alpha value is -2.93. The predicted molar refractivity (Wildman–Crippen MR) is 109 cm³/mol. The van der Waals surface area contributed by atoms with Crippen molar-refractivity contribution in [3.05, 3.63) is 60.6 Å². The van der Waals surface area contributed by atoms with Crippen molar-refractivity contribution in [3.8, 4) is 0 Å². The van der Waals surface area contributed by atoms with Gasteiger partial charge in [0.15, 0.2) is 22.3 Å². The first-order chi connectivity index (χ1) is 12.4. The van der Waals surface area contributed by atoms with E-state index in [0.29, 0.717) is 27.7 Å². The average Bonchev–Trinajstić information content (AvgIpc) is 2.94. The fraction of sp³-hybridized carbons (Fsp3) is 0.158. The zero-order chi connectivity index (χ0) is 19.3. The van der Waals surface area contributed by atoms with Crippen molar-refractivity contribution in [1.29, 1.82) is 0 Å². The van der Waals surface area contributed by atoms with Gasteiger partial charge < -0.3 is 5.73 Å². The maximum atomic E-state index is 11.9. The summed E-state index contributed by atoms with van der Waals surface area (Å²) >= 11 is 4.42. The number of imidazole rings is 1. The molecule has 2 rings (SSSR count). The number of nitrogens with zero attached hydrogens (tertiary/aromatic N) is 4. The van der Waals surface area contributed by atoms with Crippen LogP contribution in [0.15, 0.2) is 54.3 Å². The van der Waals surface area contributed by atoms with Crippen LogP contribution in [0, 0.1) is 0 Å². The van der Waals surface area contributed by atoms with Gasteiger partial charge in [-0.1, -0.05) is 43.0 Å². The zero-order valence-corrected chi connectivity index (χ0v) is 15.9. The molecule has 26 heavy (non-hydrogen) atoms. The second kappa shape index (κ2) is 8.44. The van der Waals surface area contributed by atoms with Crippen molar-refractivity contribution in [3.63, 3.8) is 0 Å². The van der Waals surface area contributed by atoms with Crippen LogP contribution in [0.2, 0.25) is 0 Å². The molecule has 0 aliphatic heterocycles. The van der Waals surface area contributed by atoms with Crippen LogP contribution < -0.4 is 5.73 Å². The highest BCUT2D eigenvalue weighted by Gasteiger charge is 2.20. The third kappa shape index (κ3) is 3.83. The highest BCUT2D eigenvalue weighted by Crippen LogP contribution is 2.25. The minimum atomic E-state index is -0.676. The molecular weight excluding hydrogens is 346 g/mol. The molecule has 0 fully saturated rings. The van der Waals surface area contributed by atoms with Crippen molar-refractivity contribution in [2.75, 3.05) is 0 Å². The summed E-state index contributed by atoms with van der Waals surface area (Å²) in [5.74, 6) is -0.317. The van der Waals surface area contributed by atoms with Crippen molar-refractivity contribution < 1.29 is 4.79 Å². The molecule has 0 unspecified atom stereocenters. The smallest absolute Gasteiger partial charge is 0.269 e. The van der Waals surface area contributed by atoms with Crippen LogP contribution in [0.5, 0.6) is 0 Å². The monoisotopic (exact) mass is 367 g/mol. The number of primary amides is 1. The van der Waals surface area contributed by atoms with Crippen LogP contribution in [-0.2, 0) is 0 Å². The number of amides is 1. The van der Waals surface area contributed by atoms with E-state index in [9.17, 15) is 4.79 Å². The molecule has 2 N–H and O–H groups in total. The van der Waals surface area contributed by atoms with Crippen LogP contribution in [-0.4, -0.2) is 25.4 Å². The number of nitrogens with two attached hydrogens (primary N) is 1. The quantitative estimate of drug-likeness (QED) is 0.601. The number of carbonyl (C=O) groups excluding carboxylic acids is 1. The third-order valence-electron chi connectivity index (χ3n) is 3.51. The Morgan fingerprint density at radius 3 is 2.50 bits per heavy atom. The SMILES string of the molecule is C=C/C=C(\C=C/C)c1nc(C(N)=O)c2nc(S)n(/C(C)=C/C=C\C)c2n1. The van der Waals surface area contributed by atoms with E-state index >= 15 is 0 Å². The molecule has 0 spiro atoms. The number of carbonyl (C=O) groups is 1. The first-order valence-corrected chi connectivity index (χ1v) is 8.44. The van der Waals surface area contributed by atoms with Crippen LogP contribution in [0.3, 0.4) is 0 Å². The van der Waals surface area contributed by atoms with E-state index in [-0.39, 0.29) is 5.69 Å². The fourth-order valence-electron chi connectivity index (χ4n) is 2.39. The van der Waals surface area contributed by atoms with Gasteiger partial charge in [0.2, 0.25) is 0 Å². The van der Waals surface area contributed by atoms with Crippen LogP contribution in [0.25, 0.3) is 22.4 Å². The van der Waals surface area contributed by atoms with Crippen LogP contribution in [0.1, 0.15) is 37.1 Å². The van der Waals surface area contributed by atoms with E-state index in [2.05, 4.69) is 34.2 Å². The van der Waals surface area contributed by atoms with E-state index in [1.165, 1.54) is 0 Å². The van der Waals surface area contributed by atoms with E-state index in [0.717, 1.165) is 5.70 Å². The maximum absolute atomic E-state index is 11.9. The Morgan fingerprint density at radius 1 is 1.19 bits per heavy atom. The Kier molecular flexibility index (Phi) is 6.30. The fourth-order valence-corrected chi connectivity index (χ4v) is 2.75. The molecule has 0 saturated heterocycles. The zero-order valence-electron chi connectivity index (χ0n) is 15.0. The summed E-state index contributed by atoms with van der Waals surface area (Å²) in [6.07, 6.45) is 12.8. The lowest BCUT2D eigenvalue weighted by atomic mass is 10.2. The molecule has 0 bridgehead atoms. The summed E-state index contributed by atoms with van der Waals surface area (Å²) in [5, 5.41) is 0.396. The average molecular weight is 367 g/mol. The summed E-state index contributed by atoms with van der Waals surface area (Å²) < 4.78 is 1.75. The molecule has 0 aliphatic carbocycles. The summed E-state index contributed by atoms with van der Waals surface area (Å²) in [6, 6.07) is 0. The van der Waals surface area contributed by atoms with Crippen molar-refractivity contribution in [1.82, 2.24) is 19.5 Å². The van der Waals surface area contributed by atoms with Gasteiger partial charge in [-0.3, -0.25) is 9.36 Å². The molecular formula is C19H21N5OS. The molecule has 2 aromatic heterocycles. The van der Waals surface area contributed by atoms with Gasteiger partial charge in [-0.25, -0.2) is 15.0 Å². The van der Waals surface area contributed by atoms with Crippen molar-refractivity contribution >= 4 is 41.0 Å². The molecule has 0 aromatic carbocycles. The van der Waals surface area contributed by atoms with Crippen molar-refractivity contribution in [2.24, 2.45) is 5.73 Å². The summed E-state index contributed by atoms with van der Waals surface area (Å²) in [7, 11) is 0. The summed E-state index contributed by atoms with van der Waals surface area (Å²) in [5.41, 5.74) is 7.91. The number of aromatic nitrogens is 4. The van der Waals surface area contributed by atoms with Gasteiger partial charge >= 0.3 is 0 Å². The molecule has 2 aromatic rings. The number of allylic oxidation sites excluding steroid dienone is 9. The largest absolute Gasteiger partial charge is 0.364 e. The molecule has 7 heteroatoms. The molecule has 134 valence electrons. The van der Waals surface area contributed by atoms with Gasteiger partial charge in [0, 0.05) is 11.3 Å². The van der Waals surface area contributed by atoms with Crippen LogP contribution >= 0.6 is 12.6 Å². The highest BCUT2D eigenvalue weighted by molar-refractivity contribution is 7.80. The minimum absolute atomic E-state index is 0.0531. The number of rotatable bonds is 6. The van der Waals surface area contributed by atoms with Crippen molar-refractivity contribution in [2.45, 2.75) is 25.9 Å². The molecule has 0 saturated carbocycles. The number of hydrogen-bond donors (Lipinski definition) is 2. The number of thiol groups is 1. The lowest BCUT2D eigenvalue weighted by Gasteiger charge is -2.08. The lowest BCUT2D eigenvalue weighted by molar-refractivity contribution is 0.0997. The Bertz CT molecular complexity index is 979. The van der Waals surface area contributed by atoms with E-state index in [1.807, 2.05) is 51.2 Å². The first kappa shape index (κ1) is 19.4. The number of hydrogen-bond acceptors (Lipinski definition) is 5. The lowest BCUT2D eigenvalue weighted by Crippen LogP contribution is -2.16.